The van der Waals surface area contributed by atoms with Crippen LogP contribution in [0.5, 0.6) is 0 Å². The van der Waals surface area contributed by atoms with Crippen molar-refractivity contribution < 1.29 is 4.55 Å². The van der Waals surface area contributed by atoms with Crippen molar-refractivity contribution >= 4 is 43.5 Å². The van der Waals surface area contributed by atoms with Crippen LogP contribution in [-0.2, 0) is 11.2 Å². The van der Waals surface area contributed by atoms with Gasteiger partial charge in [0.1, 0.15) is 0 Å². The molecular weight excluding hydrogens is 408 g/mol. The molecule has 0 amide bonds. The van der Waals surface area contributed by atoms with E-state index >= 15 is 0 Å². The molecule has 0 spiro atoms. The highest BCUT2D eigenvalue weighted by Crippen LogP contribution is 2.43. The third-order valence-corrected chi connectivity index (χ3v) is 7.55. The highest BCUT2D eigenvalue weighted by Gasteiger charge is 2.26. The first-order valence-electron chi connectivity index (χ1n) is 10.7. The van der Waals surface area contributed by atoms with E-state index in [1.54, 1.807) is 0 Å². The molecule has 1 nitrogen and oxygen atoms in total. The van der Waals surface area contributed by atoms with Crippen LogP contribution in [0.25, 0.3) is 43.4 Å². The molecule has 32 heavy (non-hydrogen) atoms. The smallest absolute Gasteiger partial charge is 0.174 e. The molecule has 6 aromatic rings. The molecule has 6 aromatic carbocycles. The Bertz CT molecular complexity index is 1590. The highest BCUT2D eigenvalue weighted by atomic mass is 32.2. The van der Waals surface area contributed by atoms with Gasteiger partial charge in [-0.3, -0.25) is 0 Å². The summed E-state index contributed by atoms with van der Waals surface area (Å²) in [6, 6.07) is 41.4. The van der Waals surface area contributed by atoms with Gasteiger partial charge < -0.3 is 4.55 Å². The Morgan fingerprint density at radius 2 is 1.03 bits per heavy atom. The summed E-state index contributed by atoms with van der Waals surface area (Å²) in [6.07, 6.45) is 0. The molecule has 0 aromatic heterocycles. The lowest BCUT2D eigenvalue weighted by molar-refractivity contribution is 0.596. The van der Waals surface area contributed by atoms with E-state index in [1.807, 2.05) is 42.5 Å². The fourth-order valence-corrected chi connectivity index (χ4v) is 6.05. The normalized spacial score (nSPS) is 12.4. The van der Waals surface area contributed by atoms with Crippen LogP contribution in [-0.4, -0.2) is 4.55 Å². The molecule has 0 aliphatic heterocycles. The summed E-state index contributed by atoms with van der Waals surface area (Å²) in [5.74, 6) is 0. The minimum Gasteiger partial charge on any atom is -0.606 e. The van der Waals surface area contributed by atoms with Crippen molar-refractivity contribution in [3.05, 3.63) is 121 Å². The summed E-state index contributed by atoms with van der Waals surface area (Å²) in [5, 5.41) is 6.73. The molecule has 152 valence electrons. The zero-order valence-corrected chi connectivity index (χ0v) is 18.2. The van der Waals surface area contributed by atoms with Gasteiger partial charge in [0.05, 0.1) is 0 Å². The quantitative estimate of drug-likeness (QED) is 0.207. The molecule has 0 heterocycles. The Balaban J connectivity index is 1.72. The Morgan fingerprint density at radius 1 is 0.469 bits per heavy atom. The van der Waals surface area contributed by atoms with Crippen LogP contribution < -0.4 is 0 Å². The van der Waals surface area contributed by atoms with Gasteiger partial charge in [-0.1, -0.05) is 97.1 Å². The fourth-order valence-electron chi connectivity index (χ4n) is 4.59. The van der Waals surface area contributed by atoms with E-state index < -0.39 is 11.2 Å². The number of benzene rings is 6. The average molecular weight is 429 g/mol. The summed E-state index contributed by atoms with van der Waals surface area (Å²) < 4.78 is 14.3. The standard InChI is InChI=1S/C30H20OS/c31-32(24-19-18-21-10-4-5-13-23(21)20-24)30-28-17-9-7-15-26(28)25-14-6-8-16-27(25)29(30)22-11-2-1-3-12-22/h1-20H. The Labute approximate surface area is 190 Å². The van der Waals surface area contributed by atoms with Gasteiger partial charge in [0.15, 0.2) is 9.79 Å². The van der Waals surface area contributed by atoms with Gasteiger partial charge in [0.25, 0.3) is 0 Å². The highest BCUT2D eigenvalue weighted by molar-refractivity contribution is 7.92. The zero-order valence-electron chi connectivity index (χ0n) is 17.4. The predicted molar refractivity (Wildman–Crippen MR) is 136 cm³/mol. The maximum absolute atomic E-state index is 14.3. The van der Waals surface area contributed by atoms with E-state index in [-0.39, 0.29) is 0 Å². The van der Waals surface area contributed by atoms with Crippen LogP contribution in [0.1, 0.15) is 0 Å². The van der Waals surface area contributed by atoms with Crippen LogP contribution in [0.15, 0.2) is 131 Å². The third-order valence-electron chi connectivity index (χ3n) is 6.07. The Kier molecular flexibility index (Phi) is 4.68. The van der Waals surface area contributed by atoms with Gasteiger partial charge in [0.2, 0.25) is 0 Å². The monoisotopic (exact) mass is 428 g/mol. The van der Waals surface area contributed by atoms with Crippen molar-refractivity contribution in [1.82, 2.24) is 0 Å². The van der Waals surface area contributed by atoms with E-state index in [1.165, 1.54) is 5.39 Å². The van der Waals surface area contributed by atoms with Gasteiger partial charge in [-0.15, -0.1) is 0 Å². The third kappa shape index (κ3) is 3.08. The number of fused-ring (bicyclic) bond motifs is 4. The van der Waals surface area contributed by atoms with E-state index in [9.17, 15) is 4.55 Å². The van der Waals surface area contributed by atoms with Crippen molar-refractivity contribution in [3.8, 4) is 11.1 Å². The maximum atomic E-state index is 14.3. The molecule has 1 atom stereocenters. The lowest BCUT2D eigenvalue weighted by Crippen LogP contribution is -2.06. The number of rotatable bonds is 3. The van der Waals surface area contributed by atoms with Gasteiger partial charge in [0, 0.05) is 28.2 Å². The molecule has 0 bridgehead atoms. The minimum absolute atomic E-state index is 0.821. The van der Waals surface area contributed by atoms with Crippen LogP contribution in [0.2, 0.25) is 0 Å². The van der Waals surface area contributed by atoms with Gasteiger partial charge >= 0.3 is 0 Å². The Hall–Kier alpha value is -3.59. The second-order valence-electron chi connectivity index (χ2n) is 7.94. The van der Waals surface area contributed by atoms with Crippen molar-refractivity contribution in [2.24, 2.45) is 0 Å². The lowest BCUT2D eigenvalue weighted by atomic mass is 9.93. The van der Waals surface area contributed by atoms with Crippen molar-refractivity contribution in [1.29, 1.82) is 0 Å². The summed E-state index contributed by atoms with van der Waals surface area (Å²) in [7, 11) is 0. The molecule has 0 aliphatic rings. The van der Waals surface area contributed by atoms with Crippen LogP contribution in [0, 0.1) is 0 Å². The molecule has 6 rings (SSSR count). The first-order valence-corrected chi connectivity index (χ1v) is 11.9. The van der Waals surface area contributed by atoms with E-state index in [0.717, 1.165) is 47.8 Å². The van der Waals surface area contributed by atoms with Crippen LogP contribution >= 0.6 is 0 Å². The molecule has 0 aliphatic carbocycles. The van der Waals surface area contributed by atoms with E-state index in [4.69, 9.17) is 0 Å². The summed E-state index contributed by atoms with van der Waals surface area (Å²) >= 11 is -1.35. The van der Waals surface area contributed by atoms with Gasteiger partial charge in [-0.2, -0.15) is 0 Å². The number of hydrogen-bond acceptors (Lipinski definition) is 1. The molecular formula is C30H20OS. The van der Waals surface area contributed by atoms with Gasteiger partial charge in [-0.05, 0) is 50.7 Å². The molecule has 0 N–H and O–H groups in total. The lowest BCUT2D eigenvalue weighted by Gasteiger charge is -2.19. The van der Waals surface area contributed by atoms with Crippen molar-refractivity contribution in [2.45, 2.75) is 9.79 Å². The fraction of sp³-hybridized carbons (Fsp3) is 0. The summed E-state index contributed by atoms with van der Waals surface area (Å²) in [5.41, 5.74) is 2.13. The topological polar surface area (TPSA) is 23.1 Å². The molecule has 0 saturated heterocycles. The maximum Gasteiger partial charge on any atom is 0.174 e. The molecule has 0 radical (unpaired) electrons. The van der Waals surface area contributed by atoms with E-state index in [2.05, 4.69) is 78.9 Å². The van der Waals surface area contributed by atoms with Crippen LogP contribution in [0.4, 0.5) is 0 Å². The molecule has 2 heteroatoms. The average Bonchev–Trinajstić information content (AvgIpc) is 2.87. The molecule has 1 unspecified atom stereocenters. The largest absolute Gasteiger partial charge is 0.606 e. The first kappa shape index (κ1) is 19.1. The number of hydrogen-bond donors (Lipinski definition) is 0. The molecule has 0 saturated carbocycles. The molecule has 0 fully saturated rings. The van der Waals surface area contributed by atoms with Crippen molar-refractivity contribution in [3.63, 3.8) is 0 Å². The second-order valence-corrected chi connectivity index (χ2v) is 9.36. The van der Waals surface area contributed by atoms with Crippen LogP contribution in [0.3, 0.4) is 0 Å². The summed E-state index contributed by atoms with van der Waals surface area (Å²) in [6.45, 7) is 0. The first-order chi connectivity index (χ1) is 15.8. The van der Waals surface area contributed by atoms with Crippen molar-refractivity contribution in [2.75, 3.05) is 0 Å². The summed E-state index contributed by atoms with van der Waals surface area (Å²) in [4.78, 5) is 1.70. The second kappa shape index (κ2) is 7.83. The van der Waals surface area contributed by atoms with E-state index in [0.29, 0.717) is 0 Å². The zero-order chi connectivity index (χ0) is 21.5. The van der Waals surface area contributed by atoms with Gasteiger partial charge in [-0.25, -0.2) is 0 Å². The SMILES string of the molecule is [O-][S+](c1ccc2ccccc2c1)c1c(-c2ccccc2)c2ccccc2c2ccccc12. The predicted octanol–water partition coefficient (Wildman–Crippen LogP) is 7.98. The minimum atomic E-state index is -1.35. The Morgan fingerprint density at radius 3 is 1.78 bits per heavy atom.